The van der Waals surface area contributed by atoms with Gasteiger partial charge in [0.05, 0.1) is 6.61 Å². The van der Waals surface area contributed by atoms with E-state index in [0.717, 1.165) is 42.3 Å². The van der Waals surface area contributed by atoms with Crippen LogP contribution in [0.1, 0.15) is 25.3 Å². The van der Waals surface area contributed by atoms with Crippen LogP contribution in [0.2, 0.25) is 5.02 Å². The molecule has 0 aliphatic rings. The van der Waals surface area contributed by atoms with Crippen LogP contribution in [0.3, 0.4) is 0 Å². The van der Waals surface area contributed by atoms with Crippen molar-refractivity contribution in [2.24, 2.45) is 10.7 Å². The summed E-state index contributed by atoms with van der Waals surface area (Å²) in [5, 5.41) is 3.78. The number of hydrogen-bond acceptors (Lipinski definition) is 2. The minimum Gasteiger partial charge on any atom is -0.493 e. The highest BCUT2D eigenvalue weighted by Crippen LogP contribution is 2.21. The van der Waals surface area contributed by atoms with Crippen molar-refractivity contribution in [3.05, 3.63) is 28.8 Å². The summed E-state index contributed by atoms with van der Waals surface area (Å²) >= 11 is 5.88. The van der Waals surface area contributed by atoms with Gasteiger partial charge in [-0.05, 0) is 43.5 Å². The van der Waals surface area contributed by atoms with E-state index in [-0.39, 0.29) is 0 Å². The number of rotatable bonds is 7. The molecule has 5 heteroatoms. The zero-order chi connectivity index (χ0) is 14.1. The number of aliphatic imine (C=N–C) groups is 1. The summed E-state index contributed by atoms with van der Waals surface area (Å²) in [4.78, 5) is 4.15. The maximum atomic E-state index is 5.88. The number of halogens is 1. The van der Waals surface area contributed by atoms with E-state index < -0.39 is 0 Å². The molecule has 0 atom stereocenters. The molecule has 1 rings (SSSR count). The van der Waals surface area contributed by atoms with Crippen molar-refractivity contribution in [3.63, 3.8) is 0 Å². The molecule has 1 aromatic carbocycles. The molecule has 1 aromatic rings. The average molecular weight is 284 g/mol. The normalized spacial score (nSPS) is 11.4. The van der Waals surface area contributed by atoms with Crippen molar-refractivity contribution < 1.29 is 4.74 Å². The van der Waals surface area contributed by atoms with E-state index in [0.29, 0.717) is 12.6 Å². The molecule has 0 heterocycles. The van der Waals surface area contributed by atoms with Crippen molar-refractivity contribution in [2.45, 2.75) is 26.7 Å². The number of hydrogen-bond donors (Lipinski definition) is 2. The van der Waals surface area contributed by atoms with Gasteiger partial charge in [0.1, 0.15) is 5.75 Å². The highest BCUT2D eigenvalue weighted by molar-refractivity contribution is 6.30. The van der Waals surface area contributed by atoms with Crippen LogP contribution in [0, 0.1) is 6.92 Å². The van der Waals surface area contributed by atoms with E-state index in [1.165, 1.54) is 0 Å². The van der Waals surface area contributed by atoms with Gasteiger partial charge in [-0.15, -0.1) is 0 Å². The third-order valence-corrected chi connectivity index (χ3v) is 2.76. The Hall–Kier alpha value is -1.42. The molecule has 0 aliphatic heterocycles. The number of nitrogens with one attached hydrogen (secondary N) is 1. The van der Waals surface area contributed by atoms with E-state index in [1.54, 1.807) is 0 Å². The Morgan fingerprint density at radius 2 is 2.26 bits per heavy atom. The van der Waals surface area contributed by atoms with Crippen LogP contribution >= 0.6 is 11.6 Å². The van der Waals surface area contributed by atoms with Crippen LogP contribution in [0.15, 0.2) is 23.2 Å². The van der Waals surface area contributed by atoms with Crippen molar-refractivity contribution in [1.82, 2.24) is 5.32 Å². The molecule has 0 fully saturated rings. The number of ether oxygens (including phenoxy) is 1. The maximum Gasteiger partial charge on any atom is 0.188 e. The van der Waals surface area contributed by atoms with Crippen molar-refractivity contribution >= 4 is 17.6 Å². The van der Waals surface area contributed by atoms with E-state index in [4.69, 9.17) is 22.1 Å². The molecule has 106 valence electrons. The fourth-order valence-corrected chi connectivity index (χ4v) is 1.76. The van der Waals surface area contributed by atoms with Gasteiger partial charge >= 0.3 is 0 Å². The van der Waals surface area contributed by atoms with E-state index >= 15 is 0 Å². The van der Waals surface area contributed by atoms with Crippen LogP contribution < -0.4 is 15.8 Å². The summed E-state index contributed by atoms with van der Waals surface area (Å²) in [7, 11) is 0. The first-order valence-corrected chi connectivity index (χ1v) is 6.94. The first-order valence-electron chi connectivity index (χ1n) is 6.56. The summed E-state index contributed by atoms with van der Waals surface area (Å²) in [6.45, 7) is 6.20. The molecule has 0 radical (unpaired) electrons. The Labute approximate surface area is 120 Å². The molecule has 0 spiro atoms. The van der Waals surface area contributed by atoms with Crippen LogP contribution in [-0.4, -0.2) is 25.7 Å². The monoisotopic (exact) mass is 283 g/mol. The van der Waals surface area contributed by atoms with Crippen LogP contribution in [0.25, 0.3) is 0 Å². The minimum absolute atomic E-state index is 0.504. The zero-order valence-corrected chi connectivity index (χ0v) is 12.3. The smallest absolute Gasteiger partial charge is 0.188 e. The Morgan fingerprint density at radius 3 is 2.95 bits per heavy atom. The zero-order valence-electron chi connectivity index (χ0n) is 11.6. The fraction of sp³-hybridized carbons (Fsp3) is 0.500. The lowest BCUT2D eigenvalue weighted by molar-refractivity contribution is 0.309. The lowest BCUT2D eigenvalue weighted by Gasteiger charge is -2.10. The van der Waals surface area contributed by atoms with E-state index in [9.17, 15) is 0 Å². The van der Waals surface area contributed by atoms with Gasteiger partial charge in [-0.2, -0.15) is 0 Å². The molecule has 0 saturated carbocycles. The highest BCUT2D eigenvalue weighted by atomic mass is 35.5. The Balaban J connectivity index is 2.20. The molecule has 0 aromatic heterocycles. The predicted molar refractivity (Wildman–Crippen MR) is 81.1 cm³/mol. The molecular weight excluding hydrogens is 262 g/mol. The minimum atomic E-state index is 0.504. The fourth-order valence-electron chi connectivity index (χ4n) is 1.53. The second kappa shape index (κ2) is 8.64. The predicted octanol–water partition coefficient (Wildman–Crippen LogP) is 2.73. The molecule has 19 heavy (non-hydrogen) atoms. The average Bonchev–Trinajstić information content (AvgIpc) is 2.38. The Bertz CT molecular complexity index is 421. The number of nitrogens with zero attached hydrogens (tertiary/aromatic N) is 1. The topological polar surface area (TPSA) is 59.6 Å². The number of benzene rings is 1. The second-order valence-corrected chi connectivity index (χ2v) is 4.74. The second-order valence-electron chi connectivity index (χ2n) is 4.31. The lowest BCUT2D eigenvalue weighted by Crippen LogP contribution is -2.33. The van der Waals surface area contributed by atoms with Crippen LogP contribution in [-0.2, 0) is 0 Å². The van der Waals surface area contributed by atoms with Gasteiger partial charge in [-0.3, -0.25) is 4.99 Å². The van der Waals surface area contributed by atoms with Crippen LogP contribution in [0.4, 0.5) is 0 Å². The number of nitrogens with two attached hydrogens (primary N) is 1. The molecule has 0 unspecified atom stereocenters. The van der Waals surface area contributed by atoms with Gasteiger partial charge in [0, 0.05) is 18.1 Å². The molecule has 4 nitrogen and oxygen atoms in total. The van der Waals surface area contributed by atoms with Crippen molar-refractivity contribution in [2.75, 3.05) is 19.7 Å². The highest BCUT2D eigenvalue weighted by Gasteiger charge is 2.00. The van der Waals surface area contributed by atoms with Gasteiger partial charge < -0.3 is 15.8 Å². The standard InChI is InChI=1S/C14H22ClN3O/c1-3-7-17-14(16)18-8-4-9-19-13-6-5-12(15)10-11(13)2/h5-6,10H,3-4,7-9H2,1-2H3,(H3,16,17,18). The number of guanidine groups is 1. The van der Waals surface area contributed by atoms with Crippen LogP contribution in [0.5, 0.6) is 5.75 Å². The number of aryl methyl sites for hydroxylation is 1. The molecule has 0 aliphatic carbocycles. The largest absolute Gasteiger partial charge is 0.493 e. The van der Waals surface area contributed by atoms with E-state index in [2.05, 4.69) is 17.2 Å². The molecule has 0 bridgehead atoms. The summed E-state index contributed by atoms with van der Waals surface area (Å²) < 4.78 is 5.68. The van der Waals surface area contributed by atoms with Gasteiger partial charge in [0.25, 0.3) is 0 Å². The van der Waals surface area contributed by atoms with Crippen molar-refractivity contribution in [1.29, 1.82) is 0 Å². The summed E-state index contributed by atoms with van der Waals surface area (Å²) in [6.07, 6.45) is 1.87. The van der Waals surface area contributed by atoms with Crippen molar-refractivity contribution in [3.8, 4) is 5.75 Å². The van der Waals surface area contributed by atoms with Gasteiger partial charge in [-0.1, -0.05) is 18.5 Å². The molecule has 0 amide bonds. The first kappa shape index (κ1) is 15.6. The summed E-state index contributed by atoms with van der Waals surface area (Å²) in [5.74, 6) is 1.38. The Morgan fingerprint density at radius 1 is 1.47 bits per heavy atom. The third kappa shape index (κ3) is 6.34. The van der Waals surface area contributed by atoms with Gasteiger partial charge in [-0.25, -0.2) is 0 Å². The van der Waals surface area contributed by atoms with Gasteiger partial charge in [0.2, 0.25) is 0 Å². The Kier molecular flexibility index (Phi) is 7.11. The first-order chi connectivity index (χ1) is 9.13. The third-order valence-electron chi connectivity index (χ3n) is 2.53. The van der Waals surface area contributed by atoms with Gasteiger partial charge in [0.15, 0.2) is 5.96 Å². The summed E-state index contributed by atoms with van der Waals surface area (Å²) in [6, 6.07) is 5.62. The molecule has 0 saturated heterocycles. The molecular formula is C14H22ClN3O. The summed E-state index contributed by atoms with van der Waals surface area (Å²) in [5.41, 5.74) is 6.72. The quantitative estimate of drug-likeness (QED) is 0.459. The van der Waals surface area contributed by atoms with E-state index in [1.807, 2.05) is 25.1 Å². The maximum absolute atomic E-state index is 5.88. The SMILES string of the molecule is CCCN=C(N)NCCCOc1ccc(Cl)cc1C. The lowest BCUT2D eigenvalue weighted by atomic mass is 10.2. The molecule has 3 N–H and O–H groups in total.